The molecule has 0 bridgehead atoms. The van der Waals surface area contributed by atoms with E-state index in [9.17, 15) is 4.79 Å². The van der Waals surface area contributed by atoms with E-state index < -0.39 is 5.79 Å². The second-order valence-electron chi connectivity index (χ2n) is 5.04. The second-order valence-corrected chi connectivity index (χ2v) is 6.12. The maximum absolute atomic E-state index is 11.4. The van der Waals surface area contributed by atoms with E-state index in [-0.39, 0.29) is 6.10 Å². The number of rotatable bonds is 4. The van der Waals surface area contributed by atoms with Crippen LogP contribution in [-0.2, 0) is 14.3 Å². The molecule has 0 aromatic rings. The molecule has 2 aliphatic rings. The molecule has 0 spiro atoms. The Morgan fingerprint density at radius 2 is 2.25 bits per heavy atom. The summed E-state index contributed by atoms with van der Waals surface area (Å²) in [5, 5.41) is 0. The zero-order valence-corrected chi connectivity index (χ0v) is 10.8. The van der Waals surface area contributed by atoms with Gasteiger partial charge < -0.3 is 9.47 Å². The molecule has 1 saturated carbocycles. The van der Waals surface area contributed by atoms with Crippen molar-refractivity contribution < 1.29 is 14.3 Å². The van der Waals surface area contributed by atoms with Crippen molar-refractivity contribution in [3.8, 4) is 0 Å². The normalized spacial score (nSPS) is 33.5. The van der Waals surface area contributed by atoms with Gasteiger partial charge in [0, 0.05) is 23.8 Å². The first-order valence-electron chi connectivity index (χ1n) is 5.99. The number of carbonyl (C=O) groups is 1. The molecule has 1 aliphatic carbocycles. The summed E-state index contributed by atoms with van der Waals surface area (Å²) >= 11 is 1.83. The van der Waals surface area contributed by atoms with Crippen molar-refractivity contribution >= 4 is 17.5 Å². The highest BCUT2D eigenvalue weighted by Gasteiger charge is 2.33. The number of carbonyl (C=O) groups excluding carboxylic acids is 1. The van der Waals surface area contributed by atoms with Gasteiger partial charge in [0.1, 0.15) is 5.78 Å². The molecule has 0 aromatic carbocycles. The maximum Gasteiger partial charge on any atom is 0.163 e. The largest absolute Gasteiger partial charge is 0.348 e. The van der Waals surface area contributed by atoms with Gasteiger partial charge in [-0.3, -0.25) is 4.79 Å². The molecule has 0 N–H and O–H groups in total. The molecular weight excluding hydrogens is 224 g/mol. The Bertz CT molecular complexity index is 265. The van der Waals surface area contributed by atoms with Crippen molar-refractivity contribution in [2.24, 2.45) is 5.92 Å². The van der Waals surface area contributed by atoms with E-state index in [1.54, 1.807) is 0 Å². The van der Waals surface area contributed by atoms with Crippen LogP contribution in [0.1, 0.15) is 33.1 Å². The molecule has 2 fully saturated rings. The Labute approximate surface area is 101 Å². The van der Waals surface area contributed by atoms with Gasteiger partial charge in [0.25, 0.3) is 0 Å². The predicted molar refractivity (Wildman–Crippen MR) is 64.6 cm³/mol. The number of hydrogen-bond donors (Lipinski definition) is 0. The number of Topliss-reactive ketones (excluding diaryl/α,β-unsaturated/α-hetero) is 1. The van der Waals surface area contributed by atoms with Gasteiger partial charge in [-0.05, 0) is 26.7 Å². The van der Waals surface area contributed by atoms with Crippen LogP contribution in [0.25, 0.3) is 0 Å². The summed E-state index contributed by atoms with van der Waals surface area (Å²) in [5.41, 5.74) is 0. The summed E-state index contributed by atoms with van der Waals surface area (Å²) in [6.45, 7) is 4.56. The fourth-order valence-corrected chi connectivity index (χ4v) is 3.45. The number of thioether (sulfide) groups is 1. The van der Waals surface area contributed by atoms with E-state index >= 15 is 0 Å². The van der Waals surface area contributed by atoms with E-state index in [0.717, 1.165) is 30.8 Å². The van der Waals surface area contributed by atoms with Crippen LogP contribution in [0.3, 0.4) is 0 Å². The molecule has 2 unspecified atom stereocenters. The summed E-state index contributed by atoms with van der Waals surface area (Å²) < 4.78 is 11.2. The smallest absolute Gasteiger partial charge is 0.163 e. The third-order valence-electron chi connectivity index (χ3n) is 3.12. The van der Waals surface area contributed by atoms with Crippen molar-refractivity contribution in [1.82, 2.24) is 0 Å². The van der Waals surface area contributed by atoms with E-state index in [0.29, 0.717) is 18.3 Å². The van der Waals surface area contributed by atoms with E-state index in [2.05, 4.69) is 0 Å². The molecule has 1 heterocycles. The molecule has 0 radical (unpaired) electrons. The van der Waals surface area contributed by atoms with Crippen LogP contribution in [0, 0.1) is 5.92 Å². The number of ketones is 1. The van der Waals surface area contributed by atoms with Gasteiger partial charge in [-0.15, -0.1) is 0 Å². The SMILES string of the molecule is CC1(C)OCC(CSCC2CCCC2=O)O1. The first-order valence-corrected chi connectivity index (χ1v) is 7.14. The highest BCUT2D eigenvalue weighted by Crippen LogP contribution is 2.28. The average Bonchev–Trinajstić information content (AvgIpc) is 2.74. The van der Waals surface area contributed by atoms with E-state index in [1.165, 1.54) is 0 Å². The van der Waals surface area contributed by atoms with Crippen molar-refractivity contribution in [3.05, 3.63) is 0 Å². The lowest BCUT2D eigenvalue weighted by molar-refractivity contribution is -0.135. The number of ether oxygens (including phenoxy) is 2. The Balaban J connectivity index is 1.63. The maximum atomic E-state index is 11.4. The Kier molecular flexibility index (Phi) is 3.93. The van der Waals surface area contributed by atoms with Gasteiger partial charge >= 0.3 is 0 Å². The molecule has 3 nitrogen and oxygen atoms in total. The second kappa shape index (κ2) is 5.07. The Morgan fingerprint density at radius 3 is 2.81 bits per heavy atom. The highest BCUT2D eigenvalue weighted by molar-refractivity contribution is 7.99. The lowest BCUT2D eigenvalue weighted by atomic mass is 10.1. The molecule has 4 heteroatoms. The third-order valence-corrected chi connectivity index (χ3v) is 4.37. The summed E-state index contributed by atoms with van der Waals surface area (Å²) in [6, 6.07) is 0. The minimum atomic E-state index is -0.422. The third kappa shape index (κ3) is 3.22. The molecular formula is C12H20O3S. The minimum Gasteiger partial charge on any atom is -0.348 e. The molecule has 2 atom stereocenters. The summed E-state index contributed by atoms with van der Waals surface area (Å²) in [7, 11) is 0. The fourth-order valence-electron chi connectivity index (χ4n) is 2.25. The molecule has 1 aliphatic heterocycles. The van der Waals surface area contributed by atoms with Crippen LogP contribution in [-0.4, -0.2) is 35.8 Å². The number of hydrogen-bond acceptors (Lipinski definition) is 4. The van der Waals surface area contributed by atoms with Gasteiger partial charge in [0.15, 0.2) is 5.79 Å². The molecule has 0 amide bonds. The van der Waals surface area contributed by atoms with E-state index in [4.69, 9.17) is 9.47 Å². The lowest BCUT2D eigenvalue weighted by Gasteiger charge is -2.17. The van der Waals surface area contributed by atoms with Gasteiger partial charge in [-0.25, -0.2) is 0 Å². The monoisotopic (exact) mass is 244 g/mol. The van der Waals surface area contributed by atoms with Crippen molar-refractivity contribution in [2.75, 3.05) is 18.1 Å². The molecule has 0 aromatic heterocycles. The van der Waals surface area contributed by atoms with Crippen LogP contribution >= 0.6 is 11.8 Å². The predicted octanol–water partition coefficient (Wildman–Crippen LogP) is 2.24. The average molecular weight is 244 g/mol. The molecule has 16 heavy (non-hydrogen) atoms. The Hall–Kier alpha value is -0.0600. The van der Waals surface area contributed by atoms with Crippen LogP contribution in [0.5, 0.6) is 0 Å². The van der Waals surface area contributed by atoms with Crippen LogP contribution < -0.4 is 0 Å². The van der Waals surface area contributed by atoms with Crippen molar-refractivity contribution in [3.63, 3.8) is 0 Å². The van der Waals surface area contributed by atoms with Gasteiger partial charge in [0.05, 0.1) is 12.7 Å². The minimum absolute atomic E-state index is 0.191. The molecule has 1 saturated heterocycles. The highest BCUT2D eigenvalue weighted by atomic mass is 32.2. The lowest BCUT2D eigenvalue weighted by Crippen LogP contribution is -2.22. The summed E-state index contributed by atoms with van der Waals surface area (Å²) in [4.78, 5) is 11.4. The quantitative estimate of drug-likeness (QED) is 0.760. The Morgan fingerprint density at radius 1 is 1.44 bits per heavy atom. The summed E-state index contributed by atoms with van der Waals surface area (Å²) in [6.07, 6.45) is 3.15. The van der Waals surface area contributed by atoms with Crippen LogP contribution in [0.4, 0.5) is 0 Å². The van der Waals surface area contributed by atoms with Crippen LogP contribution in [0.2, 0.25) is 0 Å². The molecule has 2 rings (SSSR count). The zero-order valence-electron chi connectivity index (χ0n) is 10.0. The van der Waals surface area contributed by atoms with E-state index in [1.807, 2.05) is 25.6 Å². The standard InChI is InChI=1S/C12H20O3S/c1-12(2)14-6-10(15-12)8-16-7-9-4-3-5-11(9)13/h9-10H,3-8H2,1-2H3. The van der Waals surface area contributed by atoms with Gasteiger partial charge in [-0.2, -0.15) is 11.8 Å². The molecule has 92 valence electrons. The first kappa shape index (κ1) is 12.4. The van der Waals surface area contributed by atoms with Gasteiger partial charge in [-0.1, -0.05) is 0 Å². The van der Waals surface area contributed by atoms with Crippen molar-refractivity contribution in [2.45, 2.75) is 45.0 Å². The fraction of sp³-hybridized carbons (Fsp3) is 0.917. The zero-order chi connectivity index (χ0) is 11.6. The first-order chi connectivity index (χ1) is 7.57. The summed E-state index contributed by atoms with van der Waals surface area (Å²) in [5.74, 6) is 2.23. The van der Waals surface area contributed by atoms with Crippen molar-refractivity contribution in [1.29, 1.82) is 0 Å². The van der Waals surface area contributed by atoms with Gasteiger partial charge in [0.2, 0.25) is 0 Å². The topological polar surface area (TPSA) is 35.5 Å². The van der Waals surface area contributed by atoms with Crippen LogP contribution in [0.15, 0.2) is 0 Å².